The van der Waals surface area contributed by atoms with Gasteiger partial charge in [0.2, 0.25) is 5.95 Å². The minimum atomic E-state index is -0.563. The molecule has 17 heavy (non-hydrogen) atoms. The van der Waals surface area contributed by atoms with E-state index in [2.05, 4.69) is 14.7 Å². The second-order valence-corrected chi connectivity index (χ2v) is 3.86. The lowest BCUT2D eigenvalue weighted by atomic mass is 10.4. The van der Waals surface area contributed by atoms with Gasteiger partial charge in [-0.1, -0.05) is 11.6 Å². The van der Waals surface area contributed by atoms with Crippen LogP contribution in [0.2, 0.25) is 5.02 Å². The first-order chi connectivity index (χ1) is 8.22. The lowest BCUT2D eigenvalue weighted by Crippen LogP contribution is -2.37. The zero-order valence-corrected chi connectivity index (χ0v) is 10.1. The molecule has 0 aromatic carbocycles. The Morgan fingerprint density at radius 3 is 2.88 bits per heavy atom. The van der Waals surface area contributed by atoms with Gasteiger partial charge in [0, 0.05) is 13.1 Å². The first-order valence-corrected chi connectivity index (χ1v) is 5.53. The summed E-state index contributed by atoms with van der Waals surface area (Å²) in [6.07, 6.45) is 1.41. The highest BCUT2D eigenvalue weighted by atomic mass is 35.5. The Balaban J connectivity index is 2.26. The molecule has 2 rings (SSSR count). The molecular formula is C10H12ClN3O3. The van der Waals surface area contributed by atoms with Crippen LogP contribution in [-0.4, -0.2) is 49.4 Å². The number of hydrogen-bond donors (Lipinski definition) is 0. The third-order valence-corrected chi connectivity index (χ3v) is 2.68. The van der Waals surface area contributed by atoms with Crippen LogP contribution >= 0.6 is 11.6 Å². The number of carbonyl (C=O) groups is 1. The fourth-order valence-corrected chi connectivity index (χ4v) is 1.68. The minimum absolute atomic E-state index is 0.0886. The Bertz CT molecular complexity index is 421. The topological polar surface area (TPSA) is 64.5 Å². The van der Waals surface area contributed by atoms with Crippen LogP contribution in [0.5, 0.6) is 0 Å². The van der Waals surface area contributed by atoms with E-state index >= 15 is 0 Å². The molecule has 1 aromatic rings. The van der Waals surface area contributed by atoms with Crippen LogP contribution in [0.4, 0.5) is 5.95 Å². The van der Waals surface area contributed by atoms with Crippen LogP contribution in [0, 0.1) is 0 Å². The molecule has 7 heteroatoms. The van der Waals surface area contributed by atoms with Gasteiger partial charge in [0.25, 0.3) is 0 Å². The lowest BCUT2D eigenvalue weighted by molar-refractivity contribution is 0.0594. The smallest absolute Gasteiger partial charge is 0.358 e. The molecule has 1 fully saturated rings. The van der Waals surface area contributed by atoms with Gasteiger partial charge in [0.1, 0.15) is 0 Å². The molecule has 0 spiro atoms. The second-order valence-electron chi connectivity index (χ2n) is 3.46. The van der Waals surface area contributed by atoms with Crippen LogP contribution in [-0.2, 0) is 9.47 Å². The molecule has 0 saturated carbocycles. The van der Waals surface area contributed by atoms with Crippen molar-refractivity contribution >= 4 is 23.5 Å². The number of methoxy groups -OCH3 is 1. The van der Waals surface area contributed by atoms with E-state index in [1.807, 2.05) is 4.90 Å². The van der Waals surface area contributed by atoms with Crippen molar-refractivity contribution in [2.45, 2.75) is 0 Å². The van der Waals surface area contributed by atoms with Crippen LogP contribution in [0.3, 0.4) is 0 Å². The highest BCUT2D eigenvalue weighted by Crippen LogP contribution is 2.17. The van der Waals surface area contributed by atoms with E-state index < -0.39 is 5.97 Å². The molecule has 1 aromatic heterocycles. The predicted molar refractivity (Wildman–Crippen MR) is 61.4 cm³/mol. The molecule has 0 radical (unpaired) electrons. The van der Waals surface area contributed by atoms with Gasteiger partial charge in [-0.25, -0.2) is 14.8 Å². The van der Waals surface area contributed by atoms with Crippen LogP contribution < -0.4 is 4.90 Å². The Kier molecular flexibility index (Phi) is 3.75. The van der Waals surface area contributed by atoms with Crippen LogP contribution in [0.15, 0.2) is 6.20 Å². The van der Waals surface area contributed by atoms with Gasteiger partial charge in [-0.15, -0.1) is 0 Å². The van der Waals surface area contributed by atoms with E-state index in [9.17, 15) is 4.79 Å². The number of morpholine rings is 1. The molecule has 0 aliphatic carbocycles. The van der Waals surface area contributed by atoms with Gasteiger partial charge in [-0.2, -0.15) is 0 Å². The largest absolute Gasteiger partial charge is 0.464 e. The van der Waals surface area contributed by atoms with Gasteiger partial charge in [0.05, 0.1) is 31.5 Å². The van der Waals surface area contributed by atoms with Crippen molar-refractivity contribution in [1.29, 1.82) is 0 Å². The average molecular weight is 258 g/mol. The predicted octanol–water partition coefficient (Wildman–Crippen LogP) is 0.753. The van der Waals surface area contributed by atoms with Gasteiger partial charge >= 0.3 is 5.97 Å². The maximum Gasteiger partial charge on any atom is 0.358 e. The summed E-state index contributed by atoms with van der Waals surface area (Å²) in [4.78, 5) is 21.6. The summed E-state index contributed by atoms with van der Waals surface area (Å²) in [5.41, 5.74) is 0.0886. The first kappa shape index (κ1) is 12.1. The lowest BCUT2D eigenvalue weighted by Gasteiger charge is -2.26. The molecule has 6 nitrogen and oxygen atoms in total. The zero-order valence-electron chi connectivity index (χ0n) is 9.35. The number of rotatable bonds is 2. The summed E-state index contributed by atoms with van der Waals surface area (Å²) in [6.45, 7) is 2.64. The maximum absolute atomic E-state index is 11.4. The SMILES string of the molecule is COC(=O)c1nc(N2CCOCC2)ncc1Cl. The molecule has 0 unspecified atom stereocenters. The Morgan fingerprint density at radius 1 is 1.53 bits per heavy atom. The number of anilines is 1. The van der Waals surface area contributed by atoms with Crippen molar-refractivity contribution in [3.05, 3.63) is 16.9 Å². The molecule has 0 N–H and O–H groups in total. The van der Waals surface area contributed by atoms with E-state index in [0.717, 1.165) is 0 Å². The van der Waals surface area contributed by atoms with E-state index in [-0.39, 0.29) is 10.7 Å². The number of hydrogen-bond acceptors (Lipinski definition) is 6. The fourth-order valence-electron chi connectivity index (χ4n) is 1.51. The number of nitrogens with zero attached hydrogens (tertiary/aromatic N) is 3. The van der Waals surface area contributed by atoms with Crippen molar-refractivity contribution in [3.63, 3.8) is 0 Å². The van der Waals surface area contributed by atoms with Crippen molar-refractivity contribution in [2.75, 3.05) is 38.3 Å². The van der Waals surface area contributed by atoms with Crippen LogP contribution in [0.1, 0.15) is 10.5 Å². The highest BCUT2D eigenvalue weighted by Gasteiger charge is 2.19. The second kappa shape index (κ2) is 5.29. The molecular weight excluding hydrogens is 246 g/mol. The number of esters is 1. The molecule has 0 bridgehead atoms. The fraction of sp³-hybridized carbons (Fsp3) is 0.500. The Hall–Kier alpha value is -1.40. The molecule has 0 atom stereocenters. The third-order valence-electron chi connectivity index (χ3n) is 2.40. The summed E-state index contributed by atoms with van der Waals surface area (Å²) >= 11 is 5.84. The summed E-state index contributed by atoms with van der Waals surface area (Å²) in [5, 5.41) is 0.189. The van der Waals surface area contributed by atoms with Crippen molar-refractivity contribution in [2.24, 2.45) is 0 Å². The molecule has 2 heterocycles. The number of aromatic nitrogens is 2. The molecule has 92 valence electrons. The third kappa shape index (κ3) is 2.65. The number of carbonyl (C=O) groups excluding carboxylic acids is 1. The molecule has 0 amide bonds. The van der Waals surface area contributed by atoms with E-state index in [1.54, 1.807) is 0 Å². The summed E-state index contributed by atoms with van der Waals surface area (Å²) < 4.78 is 9.83. The maximum atomic E-state index is 11.4. The average Bonchev–Trinajstić information content (AvgIpc) is 2.39. The normalized spacial score (nSPS) is 15.8. The Labute approximate surface area is 104 Å². The van der Waals surface area contributed by atoms with E-state index in [0.29, 0.717) is 32.3 Å². The van der Waals surface area contributed by atoms with E-state index in [1.165, 1.54) is 13.3 Å². The first-order valence-electron chi connectivity index (χ1n) is 5.16. The van der Waals surface area contributed by atoms with Gasteiger partial charge < -0.3 is 14.4 Å². The van der Waals surface area contributed by atoms with Gasteiger partial charge in [0.15, 0.2) is 5.69 Å². The number of ether oxygens (including phenoxy) is 2. The van der Waals surface area contributed by atoms with Crippen LogP contribution in [0.25, 0.3) is 0 Å². The monoisotopic (exact) mass is 257 g/mol. The number of halogens is 1. The summed E-state index contributed by atoms with van der Waals surface area (Å²) in [7, 11) is 1.29. The molecule has 1 saturated heterocycles. The van der Waals surface area contributed by atoms with Crippen molar-refractivity contribution < 1.29 is 14.3 Å². The van der Waals surface area contributed by atoms with Gasteiger partial charge in [-0.3, -0.25) is 0 Å². The van der Waals surface area contributed by atoms with Gasteiger partial charge in [-0.05, 0) is 0 Å². The highest BCUT2D eigenvalue weighted by molar-refractivity contribution is 6.33. The van der Waals surface area contributed by atoms with Crippen molar-refractivity contribution in [3.8, 4) is 0 Å². The van der Waals surface area contributed by atoms with Crippen molar-refractivity contribution in [1.82, 2.24) is 9.97 Å². The van der Waals surface area contributed by atoms with E-state index in [4.69, 9.17) is 16.3 Å². The molecule has 1 aliphatic heterocycles. The molecule has 1 aliphatic rings. The standard InChI is InChI=1S/C10H12ClN3O3/c1-16-9(15)8-7(11)6-12-10(13-8)14-2-4-17-5-3-14/h6H,2-5H2,1H3. The quantitative estimate of drug-likeness (QED) is 0.729. The summed E-state index contributed by atoms with van der Waals surface area (Å²) in [6, 6.07) is 0. The minimum Gasteiger partial charge on any atom is -0.464 e. The Morgan fingerprint density at radius 2 is 2.24 bits per heavy atom. The summed E-state index contributed by atoms with van der Waals surface area (Å²) in [5.74, 6) is -0.0926. The zero-order chi connectivity index (χ0) is 12.3.